The van der Waals surface area contributed by atoms with Crippen molar-refractivity contribution in [2.75, 3.05) is 19.6 Å². The van der Waals surface area contributed by atoms with Gasteiger partial charge in [-0.1, -0.05) is 6.92 Å². The molecule has 2 aromatic heterocycles. The Kier molecular flexibility index (Phi) is 5.46. The van der Waals surface area contributed by atoms with E-state index in [-0.39, 0.29) is 11.8 Å². The highest BCUT2D eigenvalue weighted by Crippen LogP contribution is 2.25. The van der Waals surface area contributed by atoms with Gasteiger partial charge in [0.25, 0.3) is 0 Å². The van der Waals surface area contributed by atoms with Gasteiger partial charge in [0.1, 0.15) is 0 Å². The molecular weight excluding hydrogens is 310 g/mol. The summed E-state index contributed by atoms with van der Waals surface area (Å²) in [7, 11) is 0. The third-order valence-corrected chi connectivity index (χ3v) is 5.08. The van der Waals surface area contributed by atoms with Gasteiger partial charge in [-0.25, -0.2) is 4.98 Å². The molecule has 0 saturated carbocycles. The van der Waals surface area contributed by atoms with Crippen molar-refractivity contribution in [1.29, 1.82) is 0 Å². The first kappa shape index (κ1) is 16.2. The summed E-state index contributed by atoms with van der Waals surface area (Å²) in [6, 6.07) is 3.81. The fourth-order valence-electron chi connectivity index (χ4n) is 2.87. The lowest BCUT2D eigenvalue weighted by atomic mass is 9.96. The second-order valence-electron chi connectivity index (χ2n) is 5.96. The molecule has 5 nitrogen and oxygen atoms in total. The molecule has 0 atom stereocenters. The number of piperidine rings is 1. The lowest BCUT2D eigenvalue weighted by Crippen LogP contribution is -2.40. The molecule has 6 heteroatoms. The number of rotatable bonds is 6. The highest BCUT2D eigenvalue weighted by molar-refractivity contribution is 7.13. The number of nitrogens with zero attached hydrogens (tertiary/aromatic N) is 2. The maximum atomic E-state index is 12.0. The average Bonchev–Trinajstić information content (AvgIpc) is 3.24. The van der Waals surface area contributed by atoms with Gasteiger partial charge in [-0.05, 0) is 44.5 Å². The Hall–Kier alpha value is -1.66. The average molecular weight is 333 g/mol. The van der Waals surface area contributed by atoms with E-state index in [1.807, 2.05) is 12.1 Å². The Morgan fingerprint density at radius 1 is 1.48 bits per heavy atom. The number of amides is 1. The fourth-order valence-corrected chi connectivity index (χ4v) is 3.65. The minimum Gasteiger partial charge on any atom is -0.462 e. The van der Waals surface area contributed by atoms with E-state index in [9.17, 15) is 4.79 Å². The summed E-state index contributed by atoms with van der Waals surface area (Å²) in [6.45, 7) is 5.62. The van der Waals surface area contributed by atoms with Crippen LogP contribution in [0.5, 0.6) is 0 Å². The molecule has 0 aliphatic carbocycles. The predicted molar refractivity (Wildman–Crippen MR) is 91.1 cm³/mol. The molecule has 3 rings (SSSR count). The number of aromatic nitrogens is 1. The first-order valence-corrected chi connectivity index (χ1v) is 9.12. The standard InChI is InChI=1S/C17H23N3O2S/c1-2-7-18-16(21)13-5-8-20(9-6-13)11-14-12-23-17(19-14)15-4-3-10-22-15/h3-4,10,12-13H,2,5-9,11H2,1H3,(H,18,21). The highest BCUT2D eigenvalue weighted by Gasteiger charge is 2.25. The van der Waals surface area contributed by atoms with E-state index in [1.165, 1.54) is 0 Å². The summed E-state index contributed by atoms with van der Waals surface area (Å²) in [5.41, 5.74) is 1.08. The lowest BCUT2D eigenvalue weighted by molar-refractivity contribution is -0.126. The molecule has 0 aromatic carbocycles. The van der Waals surface area contributed by atoms with Crippen molar-refractivity contribution >= 4 is 17.2 Å². The molecule has 1 N–H and O–H groups in total. The smallest absolute Gasteiger partial charge is 0.223 e. The van der Waals surface area contributed by atoms with Gasteiger partial charge in [-0.15, -0.1) is 11.3 Å². The number of thiazole rings is 1. The summed E-state index contributed by atoms with van der Waals surface area (Å²) in [4.78, 5) is 19.0. The SMILES string of the molecule is CCCNC(=O)C1CCN(Cc2csc(-c3ccco3)n2)CC1. The van der Waals surface area contributed by atoms with Crippen molar-refractivity contribution in [3.63, 3.8) is 0 Å². The summed E-state index contributed by atoms with van der Waals surface area (Å²) in [5.74, 6) is 1.22. The second-order valence-corrected chi connectivity index (χ2v) is 6.82. The van der Waals surface area contributed by atoms with Gasteiger partial charge in [0.05, 0.1) is 12.0 Å². The van der Waals surface area contributed by atoms with Crippen LogP contribution in [0.25, 0.3) is 10.8 Å². The van der Waals surface area contributed by atoms with Gasteiger partial charge >= 0.3 is 0 Å². The lowest BCUT2D eigenvalue weighted by Gasteiger charge is -2.30. The monoisotopic (exact) mass is 333 g/mol. The topological polar surface area (TPSA) is 58.4 Å². The zero-order chi connectivity index (χ0) is 16.1. The number of carbonyl (C=O) groups is 1. The molecule has 1 saturated heterocycles. The van der Waals surface area contributed by atoms with Crippen molar-refractivity contribution in [3.05, 3.63) is 29.5 Å². The normalized spacial score (nSPS) is 16.6. The molecule has 0 spiro atoms. The van der Waals surface area contributed by atoms with Crippen LogP contribution >= 0.6 is 11.3 Å². The Morgan fingerprint density at radius 2 is 2.30 bits per heavy atom. The van der Waals surface area contributed by atoms with Crippen LogP contribution in [-0.2, 0) is 11.3 Å². The fraction of sp³-hybridized carbons (Fsp3) is 0.529. The third kappa shape index (κ3) is 4.20. The van der Waals surface area contributed by atoms with Gasteiger partial charge in [-0.3, -0.25) is 9.69 Å². The summed E-state index contributed by atoms with van der Waals surface area (Å²) in [6.07, 6.45) is 4.53. The van der Waals surface area contributed by atoms with Crippen LogP contribution in [0.1, 0.15) is 31.9 Å². The maximum Gasteiger partial charge on any atom is 0.223 e. The van der Waals surface area contributed by atoms with E-state index in [4.69, 9.17) is 4.42 Å². The minimum atomic E-state index is 0.173. The van der Waals surface area contributed by atoms with Gasteiger partial charge in [0.2, 0.25) is 5.91 Å². The summed E-state index contributed by atoms with van der Waals surface area (Å²) in [5, 5.41) is 6.03. The molecule has 0 bridgehead atoms. The van der Waals surface area contributed by atoms with E-state index in [2.05, 4.69) is 27.5 Å². The predicted octanol–water partition coefficient (Wildman–Crippen LogP) is 3.14. The van der Waals surface area contributed by atoms with Gasteiger partial charge in [0.15, 0.2) is 10.8 Å². The quantitative estimate of drug-likeness (QED) is 0.882. The van der Waals surface area contributed by atoms with Gasteiger partial charge < -0.3 is 9.73 Å². The Balaban J connectivity index is 1.48. The molecule has 1 aliphatic rings. The second kappa shape index (κ2) is 7.75. The van der Waals surface area contributed by atoms with Gasteiger partial charge in [-0.2, -0.15) is 0 Å². The Morgan fingerprint density at radius 3 is 3.00 bits per heavy atom. The van der Waals surface area contributed by atoms with E-state index in [0.717, 1.165) is 61.9 Å². The van der Waals surface area contributed by atoms with Crippen LogP contribution in [0, 0.1) is 5.92 Å². The summed E-state index contributed by atoms with van der Waals surface area (Å²) < 4.78 is 5.39. The van der Waals surface area contributed by atoms with E-state index >= 15 is 0 Å². The van der Waals surface area contributed by atoms with Crippen molar-refractivity contribution in [2.45, 2.75) is 32.7 Å². The Bertz CT molecular complexity index is 616. The number of carbonyl (C=O) groups excluding carboxylic acids is 1. The van der Waals surface area contributed by atoms with Crippen molar-refractivity contribution in [1.82, 2.24) is 15.2 Å². The first-order valence-electron chi connectivity index (χ1n) is 8.24. The van der Waals surface area contributed by atoms with Crippen molar-refractivity contribution in [2.24, 2.45) is 5.92 Å². The van der Waals surface area contributed by atoms with Crippen LogP contribution in [0.4, 0.5) is 0 Å². The zero-order valence-corrected chi connectivity index (χ0v) is 14.3. The van der Waals surface area contributed by atoms with Crippen LogP contribution in [0.15, 0.2) is 28.2 Å². The third-order valence-electron chi connectivity index (χ3n) is 4.18. The number of furan rings is 1. The van der Waals surface area contributed by atoms with Crippen LogP contribution < -0.4 is 5.32 Å². The van der Waals surface area contributed by atoms with Gasteiger partial charge in [0, 0.05) is 24.4 Å². The first-order chi connectivity index (χ1) is 11.3. The molecule has 1 aliphatic heterocycles. The van der Waals surface area contributed by atoms with Crippen LogP contribution in [-0.4, -0.2) is 35.4 Å². The highest BCUT2D eigenvalue weighted by atomic mass is 32.1. The molecular formula is C17H23N3O2S. The number of hydrogen-bond donors (Lipinski definition) is 1. The maximum absolute atomic E-state index is 12.0. The van der Waals surface area contributed by atoms with E-state index in [0.29, 0.717) is 0 Å². The number of likely N-dealkylation sites (tertiary alicyclic amines) is 1. The largest absolute Gasteiger partial charge is 0.462 e. The zero-order valence-electron chi connectivity index (χ0n) is 13.5. The minimum absolute atomic E-state index is 0.173. The van der Waals surface area contributed by atoms with E-state index < -0.39 is 0 Å². The summed E-state index contributed by atoms with van der Waals surface area (Å²) >= 11 is 1.61. The molecule has 1 fully saturated rings. The van der Waals surface area contributed by atoms with Crippen molar-refractivity contribution < 1.29 is 9.21 Å². The molecule has 0 radical (unpaired) electrons. The molecule has 1 amide bonds. The number of hydrogen-bond acceptors (Lipinski definition) is 5. The molecule has 0 unspecified atom stereocenters. The molecule has 124 valence electrons. The van der Waals surface area contributed by atoms with E-state index in [1.54, 1.807) is 17.6 Å². The van der Waals surface area contributed by atoms with Crippen LogP contribution in [0.2, 0.25) is 0 Å². The van der Waals surface area contributed by atoms with Crippen LogP contribution in [0.3, 0.4) is 0 Å². The molecule has 2 aromatic rings. The van der Waals surface area contributed by atoms with Crippen molar-refractivity contribution in [3.8, 4) is 10.8 Å². The Labute approximate surface area is 140 Å². The molecule has 23 heavy (non-hydrogen) atoms. The molecule has 3 heterocycles. The number of nitrogens with one attached hydrogen (secondary N) is 1.